The highest BCUT2D eigenvalue weighted by Gasteiger charge is 2.28. The maximum atomic E-state index is 9.75. The first-order valence-electron chi connectivity index (χ1n) is 4.06. The Balaban J connectivity index is 2.52. The summed E-state index contributed by atoms with van der Waals surface area (Å²) in [5, 5.41) is 13.0. The zero-order chi connectivity index (χ0) is 8.32. The fourth-order valence-electron chi connectivity index (χ4n) is 1.33. The second-order valence-electron chi connectivity index (χ2n) is 3.23. The lowest BCUT2D eigenvalue weighted by Gasteiger charge is -2.31. The molecule has 0 aliphatic carbocycles. The Bertz CT molecular complexity index is 181. The molecule has 2 nitrogen and oxygen atoms in total. The number of hydrogen-bond acceptors (Lipinski definition) is 2. The highest BCUT2D eigenvalue weighted by atomic mass is 16.3. The van der Waals surface area contributed by atoms with Crippen LogP contribution in [-0.2, 0) is 0 Å². The Kier molecular flexibility index (Phi) is 2.53. The van der Waals surface area contributed by atoms with Crippen molar-refractivity contribution in [1.29, 1.82) is 0 Å². The molecular formula is C9H15NO. The van der Waals surface area contributed by atoms with Gasteiger partial charge in [0, 0.05) is 12.6 Å². The minimum Gasteiger partial charge on any atom is -0.376 e. The molecule has 2 heteroatoms. The summed E-state index contributed by atoms with van der Waals surface area (Å²) in [5.74, 6) is 5.58. The largest absolute Gasteiger partial charge is 0.376 e. The molecule has 11 heavy (non-hydrogen) atoms. The standard InChI is InChI=1S/C9H15NO/c1-3-5-9(11)6-4-8(2)10-7-9/h8,10-11H,4,6-7H2,1-2H3. The third kappa shape index (κ3) is 2.21. The lowest BCUT2D eigenvalue weighted by atomic mass is 9.91. The number of β-amino-alcohol motifs (C(OH)–C–C–N with tert-alkyl or cyclic N) is 1. The van der Waals surface area contributed by atoms with Crippen LogP contribution in [0.4, 0.5) is 0 Å². The summed E-state index contributed by atoms with van der Waals surface area (Å²) in [5.41, 5.74) is -0.763. The zero-order valence-electron chi connectivity index (χ0n) is 7.15. The van der Waals surface area contributed by atoms with Crippen molar-refractivity contribution in [3.8, 4) is 11.8 Å². The van der Waals surface area contributed by atoms with E-state index in [2.05, 4.69) is 24.1 Å². The third-order valence-electron chi connectivity index (χ3n) is 2.09. The molecule has 1 heterocycles. The van der Waals surface area contributed by atoms with E-state index in [9.17, 15) is 5.11 Å². The van der Waals surface area contributed by atoms with E-state index in [0.29, 0.717) is 12.6 Å². The van der Waals surface area contributed by atoms with Crippen LogP contribution in [0, 0.1) is 11.8 Å². The second kappa shape index (κ2) is 3.25. The second-order valence-corrected chi connectivity index (χ2v) is 3.23. The molecule has 0 spiro atoms. The SMILES string of the molecule is CC#CC1(O)CCC(C)NC1. The van der Waals surface area contributed by atoms with Crippen LogP contribution in [0.1, 0.15) is 26.7 Å². The van der Waals surface area contributed by atoms with Crippen LogP contribution in [0.25, 0.3) is 0 Å². The number of piperidine rings is 1. The molecule has 0 aromatic heterocycles. The van der Waals surface area contributed by atoms with Gasteiger partial charge in [-0.2, -0.15) is 0 Å². The summed E-state index contributed by atoms with van der Waals surface area (Å²) in [6.07, 6.45) is 1.80. The van der Waals surface area contributed by atoms with Gasteiger partial charge in [-0.05, 0) is 26.7 Å². The van der Waals surface area contributed by atoms with Crippen molar-refractivity contribution in [2.24, 2.45) is 0 Å². The minimum atomic E-state index is -0.763. The number of rotatable bonds is 0. The lowest BCUT2D eigenvalue weighted by molar-refractivity contribution is 0.0631. The van der Waals surface area contributed by atoms with E-state index in [4.69, 9.17) is 0 Å². The Morgan fingerprint density at radius 3 is 2.82 bits per heavy atom. The summed E-state index contributed by atoms with van der Waals surface area (Å²) in [6, 6.07) is 0.522. The van der Waals surface area contributed by atoms with Gasteiger partial charge in [0.2, 0.25) is 0 Å². The number of nitrogens with one attached hydrogen (secondary N) is 1. The molecule has 0 amide bonds. The fraction of sp³-hybridized carbons (Fsp3) is 0.778. The molecule has 1 aliphatic rings. The normalized spacial score (nSPS) is 37.5. The molecule has 0 aromatic rings. The number of hydrogen-bond donors (Lipinski definition) is 2. The van der Waals surface area contributed by atoms with Crippen LogP contribution in [0.5, 0.6) is 0 Å². The van der Waals surface area contributed by atoms with E-state index in [1.165, 1.54) is 0 Å². The molecule has 2 atom stereocenters. The predicted molar refractivity (Wildman–Crippen MR) is 45.1 cm³/mol. The van der Waals surface area contributed by atoms with Crippen molar-refractivity contribution in [3.05, 3.63) is 0 Å². The van der Waals surface area contributed by atoms with Crippen LogP contribution in [-0.4, -0.2) is 23.3 Å². The molecule has 1 aliphatic heterocycles. The Morgan fingerprint density at radius 1 is 1.64 bits per heavy atom. The first-order chi connectivity index (χ1) is 5.16. The summed E-state index contributed by atoms with van der Waals surface area (Å²) >= 11 is 0. The molecule has 0 aromatic carbocycles. The van der Waals surface area contributed by atoms with Crippen molar-refractivity contribution in [2.75, 3.05) is 6.54 Å². The topological polar surface area (TPSA) is 32.3 Å². The molecule has 2 unspecified atom stereocenters. The molecular weight excluding hydrogens is 138 g/mol. The molecule has 2 N–H and O–H groups in total. The average Bonchev–Trinajstić information content (AvgIpc) is 1.97. The van der Waals surface area contributed by atoms with Gasteiger partial charge in [0.15, 0.2) is 0 Å². The van der Waals surface area contributed by atoms with Gasteiger partial charge in [-0.15, -0.1) is 5.92 Å². The summed E-state index contributed by atoms with van der Waals surface area (Å²) in [7, 11) is 0. The van der Waals surface area contributed by atoms with E-state index >= 15 is 0 Å². The monoisotopic (exact) mass is 153 g/mol. The maximum absolute atomic E-state index is 9.75. The maximum Gasteiger partial charge on any atom is 0.137 e. The van der Waals surface area contributed by atoms with E-state index in [1.54, 1.807) is 6.92 Å². The van der Waals surface area contributed by atoms with Gasteiger partial charge < -0.3 is 10.4 Å². The van der Waals surface area contributed by atoms with Crippen LogP contribution in [0.2, 0.25) is 0 Å². The number of aliphatic hydroxyl groups is 1. The van der Waals surface area contributed by atoms with Crippen molar-refractivity contribution < 1.29 is 5.11 Å². The van der Waals surface area contributed by atoms with Gasteiger partial charge in [-0.1, -0.05) is 5.92 Å². The first kappa shape index (κ1) is 8.58. The van der Waals surface area contributed by atoms with Gasteiger partial charge in [0.05, 0.1) is 0 Å². The lowest BCUT2D eigenvalue weighted by Crippen LogP contribution is -2.48. The van der Waals surface area contributed by atoms with Crippen LogP contribution >= 0.6 is 0 Å². The molecule has 0 saturated carbocycles. The smallest absolute Gasteiger partial charge is 0.137 e. The first-order valence-corrected chi connectivity index (χ1v) is 4.06. The van der Waals surface area contributed by atoms with Gasteiger partial charge in [-0.3, -0.25) is 0 Å². The van der Waals surface area contributed by atoms with Gasteiger partial charge in [0.25, 0.3) is 0 Å². The van der Waals surface area contributed by atoms with Gasteiger partial charge >= 0.3 is 0 Å². The van der Waals surface area contributed by atoms with E-state index in [1.807, 2.05) is 0 Å². The van der Waals surface area contributed by atoms with Crippen molar-refractivity contribution >= 4 is 0 Å². The summed E-state index contributed by atoms with van der Waals surface area (Å²) in [6.45, 7) is 4.49. The molecule has 1 saturated heterocycles. The molecule has 1 rings (SSSR count). The van der Waals surface area contributed by atoms with E-state index < -0.39 is 5.60 Å². The highest BCUT2D eigenvalue weighted by Crippen LogP contribution is 2.17. The van der Waals surface area contributed by atoms with Gasteiger partial charge in [-0.25, -0.2) is 0 Å². The Hall–Kier alpha value is -0.520. The molecule has 0 bridgehead atoms. The highest BCUT2D eigenvalue weighted by molar-refractivity contribution is 5.14. The van der Waals surface area contributed by atoms with Crippen LogP contribution in [0.3, 0.4) is 0 Å². The average molecular weight is 153 g/mol. The Labute approximate surface area is 68.0 Å². The molecule has 62 valence electrons. The quantitative estimate of drug-likeness (QED) is 0.497. The zero-order valence-corrected chi connectivity index (χ0v) is 7.15. The van der Waals surface area contributed by atoms with Crippen molar-refractivity contribution in [1.82, 2.24) is 5.32 Å². The van der Waals surface area contributed by atoms with E-state index in [-0.39, 0.29) is 0 Å². The minimum absolute atomic E-state index is 0.522. The predicted octanol–water partition coefficient (Wildman–Crippen LogP) is 0.513. The van der Waals surface area contributed by atoms with Crippen molar-refractivity contribution in [3.63, 3.8) is 0 Å². The molecule has 0 radical (unpaired) electrons. The molecule has 1 fully saturated rings. The third-order valence-corrected chi connectivity index (χ3v) is 2.09. The Morgan fingerprint density at radius 2 is 2.36 bits per heavy atom. The summed E-state index contributed by atoms with van der Waals surface area (Å²) in [4.78, 5) is 0. The van der Waals surface area contributed by atoms with Gasteiger partial charge in [0.1, 0.15) is 5.60 Å². The van der Waals surface area contributed by atoms with Crippen LogP contribution in [0.15, 0.2) is 0 Å². The van der Waals surface area contributed by atoms with Crippen LogP contribution < -0.4 is 5.32 Å². The van der Waals surface area contributed by atoms with E-state index in [0.717, 1.165) is 12.8 Å². The van der Waals surface area contributed by atoms with Crippen molar-refractivity contribution in [2.45, 2.75) is 38.3 Å². The summed E-state index contributed by atoms with van der Waals surface area (Å²) < 4.78 is 0. The fourth-order valence-corrected chi connectivity index (χ4v) is 1.33.